The van der Waals surface area contributed by atoms with Crippen molar-refractivity contribution in [3.8, 4) is 11.5 Å². The lowest BCUT2D eigenvalue weighted by atomic mass is 10.1. The summed E-state index contributed by atoms with van der Waals surface area (Å²) in [5.41, 5.74) is 8.05. The first-order valence-electron chi connectivity index (χ1n) is 5.96. The van der Waals surface area contributed by atoms with Gasteiger partial charge in [0.15, 0.2) is 0 Å². The van der Waals surface area contributed by atoms with Crippen LogP contribution in [0.2, 0.25) is 0 Å². The van der Waals surface area contributed by atoms with E-state index in [1.165, 1.54) is 0 Å². The zero-order valence-corrected chi connectivity index (χ0v) is 14.0. The fraction of sp³-hybridized carbons (Fsp3) is 0.200. The average molecular weight is 385 g/mol. The quantitative estimate of drug-likeness (QED) is 0.775. The Morgan fingerprint density at radius 3 is 2.47 bits per heavy atom. The third kappa shape index (κ3) is 3.59. The molecule has 0 amide bonds. The Morgan fingerprint density at radius 1 is 1.11 bits per heavy atom. The molecule has 0 aliphatic rings. The zero-order valence-electron chi connectivity index (χ0n) is 10.8. The number of hydrogen-bond donors (Lipinski definition) is 1. The summed E-state index contributed by atoms with van der Waals surface area (Å²) < 4.78 is 7.87. The number of benzene rings is 2. The predicted molar refractivity (Wildman–Crippen MR) is 85.7 cm³/mol. The van der Waals surface area contributed by atoms with Crippen molar-refractivity contribution in [3.63, 3.8) is 0 Å². The summed E-state index contributed by atoms with van der Waals surface area (Å²) in [6.07, 6.45) is 0. The van der Waals surface area contributed by atoms with E-state index in [9.17, 15) is 0 Å². The molecule has 0 bridgehead atoms. The van der Waals surface area contributed by atoms with Crippen molar-refractivity contribution >= 4 is 31.9 Å². The smallest absolute Gasteiger partial charge is 0.131 e. The Bertz CT molecular complexity index is 597. The van der Waals surface area contributed by atoms with Crippen LogP contribution in [-0.4, -0.2) is 0 Å². The molecule has 4 heteroatoms. The summed E-state index contributed by atoms with van der Waals surface area (Å²) in [5, 5.41) is 0. The van der Waals surface area contributed by atoms with Gasteiger partial charge in [0, 0.05) is 15.0 Å². The summed E-state index contributed by atoms with van der Waals surface area (Å²) in [5.74, 6) is 1.63. The molecule has 0 aliphatic heterocycles. The first kappa shape index (κ1) is 14.6. The summed E-state index contributed by atoms with van der Waals surface area (Å²) in [4.78, 5) is 0. The maximum absolute atomic E-state index is 5.90. The van der Waals surface area contributed by atoms with Crippen molar-refractivity contribution in [3.05, 3.63) is 56.5 Å². The molecule has 0 aliphatic carbocycles. The highest BCUT2D eigenvalue weighted by atomic mass is 79.9. The maximum atomic E-state index is 5.90. The van der Waals surface area contributed by atoms with Crippen LogP contribution in [0.5, 0.6) is 11.5 Å². The van der Waals surface area contributed by atoms with Gasteiger partial charge in [-0.1, -0.05) is 44.0 Å². The summed E-state index contributed by atoms with van der Waals surface area (Å²) in [7, 11) is 0. The second-order valence-electron chi connectivity index (χ2n) is 4.48. The van der Waals surface area contributed by atoms with Gasteiger partial charge in [0.05, 0.1) is 0 Å². The third-order valence-electron chi connectivity index (χ3n) is 2.84. The predicted octanol–water partition coefficient (Wildman–Crippen LogP) is 5.33. The molecule has 0 heterocycles. The van der Waals surface area contributed by atoms with Gasteiger partial charge in [0.1, 0.15) is 11.5 Å². The van der Waals surface area contributed by atoms with E-state index in [1.54, 1.807) is 0 Å². The Hall–Kier alpha value is -0.840. The number of halogens is 2. The van der Waals surface area contributed by atoms with Gasteiger partial charge in [0.25, 0.3) is 0 Å². The second-order valence-corrected chi connectivity index (χ2v) is 6.25. The minimum atomic E-state index is -0.00368. The maximum Gasteiger partial charge on any atom is 0.131 e. The van der Waals surface area contributed by atoms with Crippen molar-refractivity contribution in [2.45, 2.75) is 19.9 Å². The van der Waals surface area contributed by atoms with E-state index in [1.807, 2.05) is 50.2 Å². The minimum Gasteiger partial charge on any atom is -0.457 e. The highest BCUT2D eigenvalue weighted by Gasteiger charge is 2.08. The van der Waals surface area contributed by atoms with Crippen LogP contribution in [0.4, 0.5) is 0 Å². The summed E-state index contributed by atoms with van der Waals surface area (Å²) in [6, 6.07) is 11.8. The number of nitrogens with two attached hydrogens (primary N) is 1. The first-order chi connectivity index (χ1) is 8.97. The molecule has 0 saturated carbocycles. The molecule has 0 saturated heterocycles. The molecule has 0 fully saturated rings. The van der Waals surface area contributed by atoms with Gasteiger partial charge < -0.3 is 10.5 Å². The van der Waals surface area contributed by atoms with Crippen LogP contribution < -0.4 is 10.5 Å². The lowest BCUT2D eigenvalue weighted by Gasteiger charge is -2.12. The molecule has 100 valence electrons. The van der Waals surface area contributed by atoms with E-state index in [4.69, 9.17) is 10.5 Å². The van der Waals surface area contributed by atoms with Crippen LogP contribution in [0.15, 0.2) is 45.3 Å². The topological polar surface area (TPSA) is 35.2 Å². The molecule has 2 rings (SSSR count). The van der Waals surface area contributed by atoms with Gasteiger partial charge in [0.2, 0.25) is 0 Å². The Balaban J connectivity index is 2.29. The second kappa shape index (κ2) is 6.07. The molecule has 2 nitrogen and oxygen atoms in total. The van der Waals surface area contributed by atoms with Gasteiger partial charge >= 0.3 is 0 Å². The standard InChI is InChI=1S/C15H15Br2NO/c1-9-3-4-11(16)7-15(9)19-12-5-6-13(10(2)18)14(17)8-12/h3-8,10H,18H2,1-2H3/t10-/m0/s1. The molecular formula is C15H15Br2NO. The van der Waals surface area contributed by atoms with Crippen LogP contribution in [0.25, 0.3) is 0 Å². The molecule has 1 atom stereocenters. The Kier molecular flexibility index (Phi) is 4.66. The highest BCUT2D eigenvalue weighted by molar-refractivity contribution is 9.10. The van der Waals surface area contributed by atoms with Gasteiger partial charge in [-0.15, -0.1) is 0 Å². The SMILES string of the molecule is Cc1ccc(Br)cc1Oc1ccc([C@H](C)N)c(Br)c1. The van der Waals surface area contributed by atoms with Gasteiger partial charge in [-0.3, -0.25) is 0 Å². The van der Waals surface area contributed by atoms with E-state index in [-0.39, 0.29) is 6.04 Å². The molecule has 0 radical (unpaired) electrons. The van der Waals surface area contributed by atoms with E-state index < -0.39 is 0 Å². The molecule has 19 heavy (non-hydrogen) atoms. The first-order valence-corrected chi connectivity index (χ1v) is 7.55. The lowest BCUT2D eigenvalue weighted by molar-refractivity contribution is 0.478. The van der Waals surface area contributed by atoms with Crippen LogP contribution in [0.1, 0.15) is 24.1 Å². The van der Waals surface area contributed by atoms with Crippen LogP contribution in [-0.2, 0) is 0 Å². The fourth-order valence-electron chi connectivity index (χ4n) is 1.75. The third-order valence-corrected chi connectivity index (χ3v) is 4.02. The number of rotatable bonds is 3. The number of aryl methyl sites for hydroxylation is 1. The Morgan fingerprint density at radius 2 is 1.84 bits per heavy atom. The molecule has 0 aromatic heterocycles. The van der Waals surface area contributed by atoms with Crippen LogP contribution in [0.3, 0.4) is 0 Å². The van der Waals surface area contributed by atoms with Crippen LogP contribution in [0, 0.1) is 6.92 Å². The molecule has 0 spiro atoms. The molecule has 0 unspecified atom stereocenters. The average Bonchev–Trinajstić information content (AvgIpc) is 2.33. The monoisotopic (exact) mass is 383 g/mol. The summed E-state index contributed by atoms with van der Waals surface area (Å²) in [6.45, 7) is 3.98. The largest absolute Gasteiger partial charge is 0.457 e. The molecular weight excluding hydrogens is 370 g/mol. The van der Waals surface area contributed by atoms with Crippen LogP contribution >= 0.6 is 31.9 Å². The number of ether oxygens (including phenoxy) is 1. The molecule has 2 aromatic carbocycles. The van der Waals surface area contributed by atoms with E-state index >= 15 is 0 Å². The van der Waals surface area contributed by atoms with Crippen molar-refractivity contribution in [1.82, 2.24) is 0 Å². The summed E-state index contributed by atoms with van der Waals surface area (Å²) >= 11 is 6.97. The van der Waals surface area contributed by atoms with Crippen molar-refractivity contribution < 1.29 is 4.74 Å². The van der Waals surface area contributed by atoms with Gasteiger partial charge in [-0.25, -0.2) is 0 Å². The minimum absolute atomic E-state index is 0.00368. The van der Waals surface area contributed by atoms with E-state index in [0.717, 1.165) is 31.6 Å². The van der Waals surface area contributed by atoms with Gasteiger partial charge in [-0.2, -0.15) is 0 Å². The molecule has 2 aromatic rings. The van der Waals surface area contributed by atoms with Gasteiger partial charge in [-0.05, 0) is 49.2 Å². The van der Waals surface area contributed by atoms with E-state index in [0.29, 0.717) is 0 Å². The Labute approximate surface area is 130 Å². The normalized spacial score (nSPS) is 12.3. The van der Waals surface area contributed by atoms with Crippen molar-refractivity contribution in [1.29, 1.82) is 0 Å². The molecule has 2 N–H and O–H groups in total. The lowest BCUT2D eigenvalue weighted by Crippen LogP contribution is -2.05. The van der Waals surface area contributed by atoms with Crippen molar-refractivity contribution in [2.24, 2.45) is 5.73 Å². The zero-order chi connectivity index (χ0) is 14.0. The van der Waals surface area contributed by atoms with E-state index in [2.05, 4.69) is 31.9 Å². The number of hydrogen-bond acceptors (Lipinski definition) is 2. The van der Waals surface area contributed by atoms with Crippen molar-refractivity contribution in [2.75, 3.05) is 0 Å². The fourth-order valence-corrected chi connectivity index (χ4v) is 2.81. The highest BCUT2D eigenvalue weighted by Crippen LogP contribution is 2.32.